The van der Waals surface area contributed by atoms with Crippen LogP contribution in [0.25, 0.3) is 22.7 Å². The first-order chi connectivity index (χ1) is 14.2. The van der Waals surface area contributed by atoms with Crippen LogP contribution in [0.2, 0.25) is 0 Å². The second-order valence-electron chi connectivity index (χ2n) is 7.48. The number of hydrogen-bond donors (Lipinski definition) is 1. The summed E-state index contributed by atoms with van der Waals surface area (Å²) in [6.45, 7) is 0. The van der Waals surface area contributed by atoms with E-state index in [1.54, 1.807) is 23.3 Å². The quantitative estimate of drug-likeness (QED) is 0.540. The van der Waals surface area contributed by atoms with Gasteiger partial charge in [-0.15, -0.1) is 0 Å². The average molecular weight is 387 g/mol. The summed E-state index contributed by atoms with van der Waals surface area (Å²) in [6.07, 6.45) is 8.75. The Bertz CT molecular complexity index is 1110. The summed E-state index contributed by atoms with van der Waals surface area (Å²) in [7, 11) is 1.86. The molecule has 146 valence electrons. The zero-order valence-electron chi connectivity index (χ0n) is 16.1. The van der Waals surface area contributed by atoms with Crippen LogP contribution in [-0.4, -0.2) is 29.9 Å². The molecule has 8 heteroatoms. The largest absolute Gasteiger partial charge is 0.368 e. The number of nitrogens with zero attached hydrogens (tertiary/aromatic N) is 6. The number of aromatic nitrogens is 6. The molecule has 8 nitrogen and oxygen atoms in total. The molecule has 1 atom stereocenters. The fourth-order valence-electron chi connectivity index (χ4n) is 3.54. The number of nitrogens with two attached hydrogens (primary N) is 1. The summed E-state index contributed by atoms with van der Waals surface area (Å²) in [6, 6.07) is 10.3. The van der Waals surface area contributed by atoms with Gasteiger partial charge in [0.2, 0.25) is 5.95 Å². The van der Waals surface area contributed by atoms with Crippen molar-refractivity contribution in [3.63, 3.8) is 0 Å². The van der Waals surface area contributed by atoms with Crippen molar-refractivity contribution in [1.29, 1.82) is 0 Å². The van der Waals surface area contributed by atoms with Crippen LogP contribution >= 0.6 is 0 Å². The zero-order chi connectivity index (χ0) is 19.8. The van der Waals surface area contributed by atoms with Crippen LogP contribution in [0.1, 0.15) is 36.6 Å². The van der Waals surface area contributed by atoms with E-state index in [9.17, 15) is 0 Å². The van der Waals surface area contributed by atoms with Gasteiger partial charge in [0.15, 0.2) is 5.82 Å². The van der Waals surface area contributed by atoms with Crippen molar-refractivity contribution in [2.24, 2.45) is 13.0 Å². The third kappa shape index (κ3) is 3.61. The monoisotopic (exact) mass is 387 g/mol. The first-order valence-corrected chi connectivity index (χ1v) is 9.67. The molecular weight excluding hydrogens is 366 g/mol. The van der Waals surface area contributed by atoms with Gasteiger partial charge in [0.05, 0.1) is 0 Å². The fraction of sp³-hybridized carbons (Fsp3) is 0.286. The van der Waals surface area contributed by atoms with Gasteiger partial charge in [-0.25, -0.2) is 9.97 Å². The maximum absolute atomic E-state index is 5.58. The molecule has 0 amide bonds. The van der Waals surface area contributed by atoms with Crippen LogP contribution in [0.4, 0.5) is 5.95 Å². The highest BCUT2D eigenvalue weighted by Crippen LogP contribution is 2.41. The van der Waals surface area contributed by atoms with Crippen molar-refractivity contribution in [2.45, 2.75) is 25.2 Å². The lowest BCUT2D eigenvalue weighted by molar-refractivity contribution is 0.413. The molecule has 1 fully saturated rings. The van der Waals surface area contributed by atoms with E-state index in [1.807, 2.05) is 13.1 Å². The van der Waals surface area contributed by atoms with E-state index in [2.05, 4.69) is 49.5 Å². The Kier molecular flexibility index (Phi) is 4.31. The van der Waals surface area contributed by atoms with Crippen LogP contribution in [-0.2, 0) is 7.05 Å². The highest BCUT2D eigenvalue weighted by atomic mass is 16.5. The van der Waals surface area contributed by atoms with Crippen LogP contribution in [0.5, 0.6) is 0 Å². The molecule has 2 N–H and O–H groups in total. The Labute approximate surface area is 167 Å². The van der Waals surface area contributed by atoms with Gasteiger partial charge >= 0.3 is 0 Å². The third-order valence-electron chi connectivity index (χ3n) is 5.38. The minimum Gasteiger partial charge on any atom is -0.368 e. The Morgan fingerprint density at radius 1 is 1.10 bits per heavy atom. The minimum atomic E-state index is 0.102. The van der Waals surface area contributed by atoms with Crippen LogP contribution in [0, 0.1) is 5.92 Å². The van der Waals surface area contributed by atoms with Gasteiger partial charge < -0.3 is 10.3 Å². The number of anilines is 1. The van der Waals surface area contributed by atoms with Crippen LogP contribution in [0.15, 0.2) is 53.4 Å². The van der Waals surface area contributed by atoms with E-state index in [0.717, 1.165) is 35.0 Å². The topological polar surface area (TPSA) is 109 Å². The molecule has 0 radical (unpaired) electrons. The first kappa shape index (κ1) is 17.5. The highest BCUT2D eigenvalue weighted by Gasteiger charge is 2.30. The molecule has 1 aliphatic carbocycles. The summed E-state index contributed by atoms with van der Waals surface area (Å²) in [4.78, 5) is 12.8. The molecule has 0 aliphatic heterocycles. The normalized spacial score (nSPS) is 14.8. The number of benzene rings is 1. The Morgan fingerprint density at radius 2 is 1.86 bits per heavy atom. The molecule has 29 heavy (non-hydrogen) atoms. The van der Waals surface area contributed by atoms with Crippen molar-refractivity contribution >= 4 is 5.95 Å². The van der Waals surface area contributed by atoms with Crippen molar-refractivity contribution < 1.29 is 4.52 Å². The van der Waals surface area contributed by atoms with E-state index in [-0.39, 0.29) is 11.9 Å². The fourth-order valence-corrected chi connectivity index (χ4v) is 3.54. The van der Waals surface area contributed by atoms with Crippen LogP contribution in [0.3, 0.4) is 0 Å². The van der Waals surface area contributed by atoms with Crippen molar-refractivity contribution in [3.8, 4) is 22.7 Å². The predicted molar refractivity (Wildman–Crippen MR) is 108 cm³/mol. The lowest BCUT2D eigenvalue weighted by Crippen LogP contribution is -2.05. The van der Waals surface area contributed by atoms with E-state index in [0.29, 0.717) is 5.89 Å². The van der Waals surface area contributed by atoms with Crippen molar-refractivity contribution in [3.05, 3.63) is 60.3 Å². The molecule has 3 heterocycles. The summed E-state index contributed by atoms with van der Waals surface area (Å²) >= 11 is 0. The zero-order valence-corrected chi connectivity index (χ0v) is 16.1. The SMILES string of the molecule is Cn1nccc1-c1nc(C(CC2CC2)c2ccc(-c3cnc(N)nc3)cc2)no1. The third-order valence-corrected chi connectivity index (χ3v) is 5.38. The molecule has 3 aromatic heterocycles. The molecule has 1 aromatic carbocycles. The van der Waals surface area contributed by atoms with E-state index in [1.165, 1.54) is 18.4 Å². The Hall–Kier alpha value is -3.55. The summed E-state index contributed by atoms with van der Waals surface area (Å²) in [5.41, 5.74) is 9.55. The van der Waals surface area contributed by atoms with Gasteiger partial charge in [-0.05, 0) is 29.5 Å². The van der Waals surface area contributed by atoms with Gasteiger partial charge in [0, 0.05) is 37.1 Å². The lowest BCUT2D eigenvalue weighted by Gasteiger charge is -2.14. The average Bonchev–Trinajstić information content (AvgIpc) is 3.25. The highest BCUT2D eigenvalue weighted by molar-refractivity contribution is 5.62. The molecule has 4 aromatic rings. The lowest BCUT2D eigenvalue weighted by atomic mass is 9.91. The van der Waals surface area contributed by atoms with Gasteiger partial charge in [-0.3, -0.25) is 4.68 Å². The van der Waals surface area contributed by atoms with E-state index >= 15 is 0 Å². The van der Waals surface area contributed by atoms with E-state index in [4.69, 9.17) is 10.3 Å². The van der Waals surface area contributed by atoms with Gasteiger partial charge in [-0.1, -0.05) is 42.3 Å². The molecule has 5 rings (SSSR count). The molecule has 0 bridgehead atoms. The molecule has 1 aliphatic rings. The number of aryl methyl sites for hydroxylation is 1. The van der Waals surface area contributed by atoms with E-state index < -0.39 is 0 Å². The number of rotatable bonds is 6. The predicted octanol–water partition coefficient (Wildman–Crippen LogP) is 3.44. The van der Waals surface area contributed by atoms with Gasteiger partial charge in [0.25, 0.3) is 5.89 Å². The standard InChI is InChI=1S/C21H21N7O/c1-28-18(8-9-25-28)20-26-19(27-29-20)17(10-13-2-3-13)15-6-4-14(5-7-15)16-11-23-21(22)24-12-16/h4-9,11-13,17H,2-3,10H2,1H3,(H2,22,23,24). The summed E-state index contributed by atoms with van der Waals surface area (Å²) < 4.78 is 7.28. The number of nitrogen functional groups attached to an aromatic ring is 1. The molecule has 1 unspecified atom stereocenters. The first-order valence-electron chi connectivity index (χ1n) is 9.67. The van der Waals surface area contributed by atoms with Gasteiger partial charge in [-0.2, -0.15) is 10.1 Å². The summed E-state index contributed by atoms with van der Waals surface area (Å²) in [5, 5.41) is 8.48. The maximum Gasteiger partial charge on any atom is 0.276 e. The Morgan fingerprint density at radius 3 is 2.52 bits per heavy atom. The molecule has 0 saturated heterocycles. The second-order valence-corrected chi connectivity index (χ2v) is 7.48. The number of hydrogen-bond acceptors (Lipinski definition) is 7. The minimum absolute atomic E-state index is 0.102. The van der Waals surface area contributed by atoms with Crippen molar-refractivity contribution in [1.82, 2.24) is 29.9 Å². The van der Waals surface area contributed by atoms with Gasteiger partial charge in [0.1, 0.15) is 5.69 Å². The molecular formula is C21H21N7O. The van der Waals surface area contributed by atoms with Crippen LogP contribution < -0.4 is 5.73 Å². The molecule has 1 saturated carbocycles. The maximum atomic E-state index is 5.58. The second kappa shape index (κ2) is 7.12. The summed E-state index contributed by atoms with van der Waals surface area (Å²) in [5.74, 6) is 2.32. The smallest absolute Gasteiger partial charge is 0.276 e. The Balaban J connectivity index is 1.44. The molecule has 0 spiro atoms. The van der Waals surface area contributed by atoms with Crippen molar-refractivity contribution in [2.75, 3.05) is 5.73 Å².